The van der Waals surface area contributed by atoms with Gasteiger partial charge in [0.1, 0.15) is 5.82 Å². The fraction of sp³-hybridized carbons (Fsp3) is 0.667. The first-order valence-electron chi connectivity index (χ1n) is 5.81. The predicted octanol–water partition coefficient (Wildman–Crippen LogP) is 1.33. The highest BCUT2D eigenvalue weighted by molar-refractivity contribution is 5.01. The highest BCUT2D eigenvalue weighted by Gasteiger charge is 2.20. The van der Waals surface area contributed by atoms with Gasteiger partial charge in [0.15, 0.2) is 0 Å². The third-order valence-electron chi connectivity index (χ3n) is 2.99. The second-order valence-electron chi connectivity index (χ2n) is 4.40. The number of aliphatic hydroxyl groups is 1. The largest absolute Gasteiger partial charge is 0.390 e. The summed E-state index contributed by atoms with van der Waals surface area (Å²) in [5.74, 6) is 1.45. The Bertz CT molecular complexity index is 344. The van der Waals surface area contributed by atoms with Crippen molar-refractivity contribution < 1.29 is 9.84 Å². The van der Waals surface area contributed by atoms with Gasteiger partial charge in [0.25, 0.3) is 0 Å². The molecule has 0 aromatic carbocycles. The van der Waals surface area contributed by atoms with Crippen LogP contribution >= 0.6 is 0 Å². The average Bonchev–Trinajstić information content (AvgIpc) is 2.29. The van der Waals surface area contributed by atoms with Crippen LogP contribution in [-0.4, -0.2) is 27.8 Å². The van der Waals surface area contributed by atoms with E-state index in [4.69, 9.17) is 9.84 Å². The molecule has 0 spiro atoms. The molecule has 1 aliphatic rings. The number of nitrogens with zero attached hydrogens (tertiary/aromatic N) is 2. The van der Waals surface area contributed by atoms with Crippen LogP contribution in [0.1, 0.15) is 31.3 Å². The van der Waals surface area contributed by atoms with Gasteiger partial charge in [-0.25, -0.2) is 9.97 Å². The van der Waals surface area contributed by atoms with Crippen LogP contribution in [0.15, 0.2) is 12.3 Å². The van der Waals surface area contributed by atoms with Gasteiger partial charge in [-0.05, 0) is 31.7 Å². The van der Waals surface area contributed by atoms with Crippen molar-refractivity contribution in [1.82, 2.24) is 9.97 Å². The molecule has 1 fully saturated rings. The van der Waals surface area contributed by atoms with Crippen LogP contribution < -0.4 is 0 Å². The zero-order valence-electron chi connectivity index (χ0n) is 9.59. The average molecular weight is 222 g/mol. The summed E-state index contributed by atoms with van der Waals surface area (Å²) < 4.78 is 5.51. The molecule has 0 saturated carbocycles. The lowest BCUT2D eigenvalue weighted by atomic mass is 9.93. The molecule has 16 heavy (non-hydrogen) atoms. The summed E-state index contributed by atoms with van der Waals surface area (Å²) in [7, 11) is 0. The van der Waals surface area contributed by atoms with Gasteiger partial charge in [0, 0.05) is 19.2 Å². The lowest BCUT2D eigenvalue weighted by Crippen LogP contribution is -2.25. The highest BCUT2D eigenvalue weighted by atomic mass is 16.5. The van der Waals surface area contributed by atoms with E-state index < -0.39 is 0 Å². The molecule has 88 valence electrons. The van der Waals surface area contributed by atoms with Crippen LogP contribution in [0.3, 0.4) is 0 Å². The fourth-order valence-electron chi connectivity index (χ4n) is 2.16. The van der Waals surface area contributed by atoms with Gasteiger partial charge in [0.05, 0.1) is 18.4 Å². The third kappa shape index (κ3) is 3.00. The quantitative estimate of drug-likeness (QED) is 0.838. The first-order valence-corrected chi connectivity index (χ1v) is 5.81. The van der Waals surface area contributed by atoms with E-state index in [9.17, 15) is 0 Å². The first-order chi connectivity index (χ1) is 7.78. The summed E-state index contributed by atoms with van der Waals surface area (Å²) in [6, 6.07) is 1.75. The minimum absolute atomic E-state index is 0.0142. The maximum absolute atomic E-state index is 9.00. The van der Waals surface area contributed by atoms with E-state index in [1.165, 1.54) is 0 Å². The smallest absolute Gasteiger partial charge is 0.128 e. The van der Waals surface area contributed by atoms with Crippen LogP contribution in [0.5, 0.6) is 0 Å². The summed E-state index contributed by atoms with van der Waals surface area (Å²) in [5.41, 5.74) is 0.699. The summed E-state index contributed by atoms with van der Waals surface area (Å²) >= 11 is 0. The fourth-order valence-corrected chi connectivity index (χ4v) is 2.16. The molecule has 2 unspecified atom stereocenters. The molecule has 2 atom stereocenters. The molecular formula is C12H18N2O2. The van der Waals surface area contributed by atoms with Crippen LogP contribution in [0.2, 0.25) is 0 Å². The zero-order valence-corrected chi connectivity index (χ0v) is 9.59. The van der Waals surface area contributed by atoms with Gasteiger partial charge in [0.2, 0.25) is 0 Å². The van der Waals surface area contributed by atoms with E-state index in [2.05, 4.69) is 16.9 Å². The zero-order chi connectivity index (χ0) is 11.4. The van der Waals surface area contributed by atoms with Crippen LogP contribution in [0.25, 0.3) is 0 Å². The Morgan fingerprint density at radius 3 is 3.19 bits per heavy atom. The van der Waals surface area contributed by atoms with Crippen molar-refractivity contribution in [3.8, 4) is 0 Å². The molecule has 2 rings (SSSR count). The standard InChI is InChI=1S/C12H18N2O2/c1-9-6-10(3-5-16-9)7-12-13-4-2-11(8-15)14-12/h2,4,9-10,15H,3,5-8H2,1H3. The Balaban J connectivity index is 1.97. The highest BCUT2D eigenvalue weighted by Crippen LogP contribution is 2.22. The van der Waals surface area contributed by atoms with Crippen molar-refractivity contribution in [3.63, 3.8) is 0 Å². The normalized spacial score (nSPS) is 25.6. The summed E-state index contributed by atoms with van der Waals surface area (Å²) in [5, 5.41) is 9.00. The molecular weight excluding hydrogens is 204 g/mol. The molecule has 4 heteroatoms. The van der Waals surface area contributed by atoms with Crippen molar-refractivity contribution in [1.29, 1.82) is 0 Å². The third-order valence-corrected chi connectivity index (χ3v) is 2.99. The maximum Gasteiger partial charge on any atom is 0.128 e. The molecule has 1 aromatic heterocycles. The summed E-state index contributed by atoms with van der Waals surface area (Å²) in [6.07, 6.45) is 5.11. The molecule has 0 aliphatic carbocycles. The second-order valence-corrected chi connectivity index (χ2v) is 4.40. The lowest BCUT2D eigenvalue weighted by molar-refractivity contribution is 0.00243. The van der Waals surface area contributed by atoms with Crippen molar-refractivity contribution in [2.24, 2.45) is 5.92 Å². The summed E-state index contributed by atoms with van der Waals surface area (Å²) in [4.78, 5) is 8.55. The number of ether oxygens (including phenoxy) is 1. The molecule has 1 saturated heterocycles. The number of rotatable bonds is 3. The SMILES string of the molecule is CC1CC(Cc2nccc(CO)n2)CCO1. The van der Waals surface area contributed by atoms with Crippen LogP contribution in [0, 0.1) is 5.92 Å². The Hall–Kier alpha value is -1.00. The van der Waals surface area contributed by atoms with E-state index >= 15 is 0 Å². The van der Waals surface area contributed by atoms with Gasteiger partial charge in [-0.1, -0.05) is 0 Å². The van der Waals surface area contributed by atoms with Crippen molar-refractivity contribution >= 4 is 0 Å². The first kappa shape index (κ1) is 11.5. The Morgan fingerprint density at radius 1 is 1.56 bits per heavy atom. The summed E-state index contributed by atoms with van der Waals surface area (Å²) in [6.45, 7) is 2.93. The van der Waals surface area contributed by atoms with Gasteiger partial charge in [-0.3, -0.25) is 0 Å². The van der Waals surface area contributed by atoms with Gasteiger partial charge in [-0.2, -0.15) is 0 Å². The van der Waals surface area contributed by atoms with E-state index in [-0.39, 0.29) is 6.61 Å². The van der Waals surface area contributed by atoms with E-state index in [1.54, 1.807) is 12.3 Å². The van der Waals surface area contributed by atoms with Gasteiger partial charge < -0.3 is 9.84 Å². The maximum atomic E-state index is 9.00. The minimum Gasteiger partial charge on any atom is -0.390 e. The van der Waals surface area contributed by atoms with Crippen LogP contribution in [-0.2, 0) is 17.8 Å². The topological polar surface area (TPSA) is 55.2 Å². The Kier molecular flexibility index (Phi) is 3.85. The Labute approximate surface area is 95.7 Å². The van der Waals surface area contributed by atoms with Crippen molar-refractivity contribution in [2.75, 3.05) is 6.61 Å². The number of hydrogen-bond donors (Lipinski definition) is 1. The molecule has 1 aromatic rings. The van der Waals surface area contributed by atoms with Crippen molar-refractivity contribution in [2.45, 2.75) is 38.9 Å². The monoisotopic (exact) mass is 222 g/mol. The Morgan fingerprint density at radius 2 is 2.44 bits per heavy atom. The van der Waals surface area contributed by atoms with Gasteiger partial charge in [-0.15, -0.1) is 0 Å². The molecule has 1 N–H and O–H groups in total. The van der Waals surface area contributed by atoms with E-state index in [0.717, 1.165) is 31.7 Å². The molecule has 0 amide bonds. The van der Waals surface area contributed by atoms with Crippen LogP contribution in [0.4, 0.5) is 0 Å². The number of aliphatic hydroxyl groups excluding tert-OH is 1. The molecule has 1 aliphatic heterocycles. The second kappa shape index (κ2) is 5.37. The van der Waals surface area contributed by atoms with E-state index in [1.807, 2.05) is 0 Å². The van der Waals surface area contributed by atoms with Crippen molar-refractivity contribution in [3.05, 3.63) is 23.8 Å². The molecule has 0 radical (unpaired) electrons. The predicted molar refractivity (Wildman–Crippen MR) is 59.8 cm³/mol. The molecule has 4 nitrogen and oxygen atoms in total. The molecule has 2 heterocycles. The molecule has 0 bridgehead atoms. The minimum atomic E-state index is -0.0142. The van der Waals surface area contributed by atoms with E-state index in [0.29, 0.717) is 17.7 Å². The van der Waals surface area contributed by atoms with Gasteiger partial charge >= 0.3 is 0 Å². The number of aromatic nitrogens is 2. The number of hydrogen-bond acceptors (Lipinski definition) is 4. The lowest BCUT2D eigenvalue weighted by Gasteiger charge is -2.26.